The first kappa shape index (κ1) is 13.0. The van der Waals surface area contributed by atoms with E-state index in [1.54, 1.807) is 0 Å². The summed E-state index contributed by atoms with van der Waals surface area (Å²) in [6, 6.07) is 0. The van der Waals surface area contributed by atoms with Gasteiger partial charge in [0.1, 0.15) is 5.69 Å². The molecule has 0 aliphatic carbocycles. The Bertz CT molecular complexity index is 653. The number of carbonyl (C=O) groups is 1. The summed E-state index contributed by atoms with van der Waals surface area (Å²) in [5, 5.41) is 1.13. The smallest absolute Gasteiger partial charge is 0.367 e. The van der Waals surface area contributed by atoms with Gasteiger partial charge in [-0.2, -0.15) is 8.78 Å². The number of imidazole rings is 1. The van der Waals surface area contributed by atoms with Crippen molar-refractivity contribution in [3.05, 3.63) is 28.8 Å². The van der Waals surface area contributed by atoms with E-state index in [1.165, 1.54) is 6.33 Å². The number of thiazole rings is 1. The Morgan fingerprint density at radius 2 is 2.35 bits per heavy atom. The molecule has 0 atom stereocenters. The van der Waals surface area contributed by atoms with Gasteiger partial charge in [-0.3, -0.25) is 4.79 Å². The summed E-state index contributed by atoms with van der Waals surface area (Å²) in [4.78, 5) is 23.6. The van der Waals surface area contributed by atoms with Crippen LogP contribution in [0.4, 0.5) is 13.9 Å². The Balaban J connectivity index is 1.82. The van der Waals surface area contributed by atoms with Gasteiger partial charge in [-0.25, -0.2) is 9.97 Å². The monoisotopic (exact) mass is 299 g/mol. The molecule has 0 saturated heterocycles. The lowest BCUT2D eigenvalue weighted by molar-refractivity contribution is -0.160. The molecule has 3 rings (SSSR count). The lowest BCUT2D eigenvalue weighted by Gasteiger charge is -2.29. The van der Waals surface area contributed by atoms with Crippen molar-refractivity contribution in [1.29, 1.82) is 0 Å². The van der Waals surface area contributed by atoms with Gasteiger partial charge in [0, 0.05) is 18.3 Å². The van der Waals surface area contributed by atoms with Crippen molar-refractivity contribution >= 4 is 22.4 Å². The van der Waals surface area contributed by atoms with Crippen LogP contribution < -0.4 is 5.73 Å². The maximum Gasteiger partial charge on any atom is 0.367 e. The van der Waals surface area contributed by atoms with Crippen molar-refractivity contribution in [2.24, 2.45) is 0 Å². The van der Waals surface area contributed by atoms with E-state index in [4.69, 9.17) is 5.73 Å². The first-order chi connectivity index (χ1) is 9.48. The van der Waals surface area contributed by atoms with Crippen LogP contribution in [0.3, 0.4) is 0 Å². The number of halogens is 2. The Kier molecular flexibility index (Phi) is 2.93. The second-order valence-electron chi connectivity index (χ2n) is 4.45. The van der Waals surface area contributed by atoms with Crippen molar-refractivity contribution in [1.82, 2.24) is 19.9 Å². The van der Waals surface area contributed by atoms with Gasteiger partial charge in [0.15, 0.2) is 5.13 Å². The van der Waals surface area contributed by atoms with Crippen LogP contribution in [0, 0.1) is 0 Å². The van der Waals surface area contributed by atoms with E-state index in [1.807, 2.05) is 0 Å². The molecule has 0 saturated carbocycles. The molecule has 3 N–H and O–H groups in total. The molecule has 1 aliphatic rings. The van der Waals surface area contributed by atoms with Gasteiger partial charge in [-0.15, -0.1) is 11.3 Å². The van der Waals surface area contributed by atoms with Crippen LogP contribution >= 0.6 is 11.3 Å². The standard InChI is InChI=1S/C11H11F2N5OS/c12-11(13,8-4-20-10(14)17-8)9(19)18-2-1-6-7(3-18)16-5-15-6/h4-5H,1-3H2,(H2,14,17)(H,15,16). The number of amides is 1. The molecule has 2 aromatic rings. The molecule has 106 valence electrons. The van der Waals surface area contributed by atoms with Gasteiger partial charge in [-0.05, 0) is 0 Å². The fraction of sp³-hybridized carbons (Fsp3) is 0.364. The molecule has 1 aliphatic heterocycles. The number of carbonyl (C=O) groups excluding carboxylic acids is 1. The summed E-state index contributed by atoms with van der Waals surface area (Å²) >= 11 is 0.885. The van der Waals surface area contributed by atoms with Gasteiger partial charge >= 0.3 is 5.92 Å². The summed E-state index contributed by atoms with van der Waals surface area (Å²) in [6.45, 7) is 0.315. The number of nitrogens with two attached hydrogens (primary N) is 1. The number of aromatic nitrogens is 3. The number of H-pyrrole nitrogens is 1. The Morgan fingerprint density at radius 3 is 3.05 bits per heavy atom. The van der Waals surface area contributed by atoms with E-state index >= 15 is 0 Å². The molecule has 0 unspecified atom stereocenters. The van der Waals surface area contributed by atoms with Crippen LogP contribution in [0.15, 0.2) is 11.7 Å². The van der Waals surface area contributed by atoms with Crippen molar-refractivity contribution < 1.29 is 13.6 Å². The van der Waals surface area contributed by atoms with Crippen molar-refractivity contribution in [3.8, 4) is 0 Å². The third-order valence-electron chi connectivity index (χ3n) is 3.17. The first-order valence-corrected chi connectivity index (χ1v) is 6.76. The predicted octanol–water partition coefficient (Wildman–Crippen LogP) is 1.13. The van der Waals surface area contributed by atoms with E-state index in [0.717, 1.165) is 27.3 Å². The summed E-state index contributed by atoms with van der Waals surface area (Å²) in [7, 11) is 0. The maximum atomic E-state index is 14.1. The highest BCUT2D eigenvalue weighted by atomic mass is 32.1. The van der Waals surface area contributed by atoms with Gasteiger partial charge < -0.3 is 15.6 Å². The number of rotatable bonds is 2. The number of aromatic amines is 1. The van der Waals surface area contributed by atoms with Crippen LogP contribution in [0.1, 0.15) is 17.1 Å². The highest BCUT2D eigenvalue weighted by molar-refractivity contribution is 7.13. The summed E-state index contributed by atoms with van der Waals surface area (Å²) in [5.74, 6) is -4.92. The van der Waals surface area contributed by atoms with Gasteiger partial charge in [-0.1, -0.05) is 0 Å². The average Bonchev–Trinajstić information content (AvgIpc) is 3.05. The molecule has 1 amide bonds. The highest BCUT2D eigenvalue weighted by Gasteiger charge is 2.46. The molecule has 0 bridgehead atoms. The average molecular weight is 299 g/mol. The maximum absolute atomic E-state index is 14.1. The Hall–Kier alpha value is -2.03. The molecular weight excluding hydrogens is 288 g/mol. The van der Waals surface area contributed by atoms with Gasteiger partial charge in [0.25, 0.3) is 5.91 Å². The lowest BCUT2D eigenvalue weighted by atomic mass is 10.1. The minimum Gasteiger partial charge on any atom is -0.375 e. The lowest BCUT2D eigenvalue weighted by Crippen LogP contribution is -2.44. The van der Waals surface area contributed by atoms with Crippen molar-refractivity contribution in [2.45, 2.75) is 18.9 Å². The minimum absolute atomic E-state index is 0.0157. The Labute approximate surface area is 116 Å². The molecule has 0 radical (unpaired) electrons. The van der Waals surface area contributed by atoms with Gasteiger partial charge in [0.05, 0.1) is 24.3 Å². The largest absolute Gasteiger partial charge is 0.375 e. The highest BCUT2D eigenvalue weighted by Crippen LogP contribution is 2.33. The SMILES string of the molecule is Nc1nc(C(F)(F)C(=O)N2CCc3nc[nH]c3C2)cs1. The number of alkyl halides is 2. The van der Waals surface area contributed by atoms with Crippen molar-refractivity contribution in [2.75, 3.05) is 12.3 Å². The minimum atomic E-state index is -3.66. The fourth-order valence-corrected chi connectivity index (χ4v) is 2.71. The zero-order valence-electron chi connectivity index (χ0n) is 10.3. The summed E-state index contributed by atoms with van der Waals surface area (Å²) in [5.41, 5.74) is 6.25. The summed E-state index contributed by atoms with van der Waals surface area (Å²) < 4.78 is 28.2. The quantitative estimate of drug-likeness (QED) is 0.870. The first-order valence-electron chi connectivity index (χ1n) is 5.88. The van der Waals surface area contributed by atoms with Crippen molar-refractivity contribution in [3.63, 3.8) is 0 Å². The molecule has 6 nitrogen and oxygen atoms in total. The second-order valence-corrected chi connectivity index (χ2v) is 5.34. The number of fused-ring (bicyclic) bond motifs is 1. The number of hydrogen-bond acceptors (Lipinski definition) is 5. The zero-order chi connectivity index (χ0) is 14.3. The van der Waals surface area contributed by atoms with E-state index in [9.17, 15) is 13.6 Å². The predicted molar refractivity (Wildman–Crippen MR) is 68.1 cm³/mol. The van der Waals surface area contributed by atoms with E-state index < -0.39 is 17.5 Å². The van der Waals surface area contributed by atoms with Gasteiger partial charge in [0.2, 0.25) is 0 Å². The zero-order valence-corrected chi connectivity index (χ0v) is 11.1. The molecule has 9 heteroatoms. The molecule has 20 heavy (non-hydrogen) atoms. The molecule has 3 heterocycles. The number of anilines is 1. The number of nitrogen functional groups attached to an aromatic ring is 1. The molecule has 0 fully saturated rings. The number of nitrogens with zero attached hydrogens (tertiary/aromatic N) is 3. The van der Waals surface area contributed by atoms with E-state index in [-0.39, 0.29) is 18.2 Å². The third-order valence-corrected chi connectivity index (χ3v) is 3.85. The number of nitrogens with one attached hydrogen (secondary N) is 1. The van der Waals surface area contributed by atoms with Crippen LogP contribution in [-0.4, -0.2) is 32.3 Å². The van der Waals surface area contributed by atoms with Crippen LogP contribution in [0.5, 0.6) is 0 Å². The molecule has 0 spiro atoms. The normalized spacial score (nSPS) is 15.2. The fourth-order valence-electron chi connectivity index (χ4n) is 2.13. The second kappa shape index (κ2) is 4.51. The Morgan fingerprint density at radius 1 is 1.55 bits per heavy atom. The molecule has 0 aromatic carbocycles. The third kappa shape index (κ3) is 2.03. The summed E-state index contributed by atoms with van der Waals surface area (Å²) in [6.07, 6.45) is 1.96. The van der Waals surface area contributed by atoms with Crippen LogP contribution in [-0.2, 0) is 23.7 Å². The molecular formula is C11H11F2N5OS. The van der Waals surface area contributed by atoms with Crippen LogP contribution in [0.2, 0.25) is 0 Å². The topological polar surface area (TPSA) is 87.9 Å². The molecule has 2 aromatic heterocycles. The number of hydrogen-bond donors (Lipinski definition) is 2. The van der Waals surface area contributed by atoms with E-state index in [0.29, 0.717) is 12.1 Å². The van der Waals surface area contributed by atoms with E-state index in [2.05, 4.69) is 15.0 Å². The van der Waals surface area contributed by atoms with Crippen LogP contribution in [0.25, 0.3) is 0 Å².